The van der Waals surface area contributed by atoms with Crippen molar-refractivity contribution in [3.05, 3.63) is 58.4 Å². The van der Waals surface area contributed by atoms with Gasteiger partial charge >= 0.3 is 12.1 Å². The summed E-state index contributed by atoms with van der Waals surface area (Å²) in [5, 5.41) is 3.68. The van der Waals surface area contributed by atoms with Crippen molar-refractivity contribution in [3.63, 3.8) is 0 Å². The molecule has 0 saturated carbocycles. The molecular weight excluding hydrogens is 341 g/mol. The molecule has 0 N–H and O–H groups in total. The summed E-state index contributed by atoms with van der Waals surface area (Å²) in [6.07, 6.45) is -1.53. The van der Waals surface area contributed by atoms with Crippen molar-refractivity contribution in [2.45, 2.75) is 13.1 Å². The number of alkyl halides is 3. The molecule has 3 aromatic rings. The fraction of sp³-hybridized carbons (Fsp3) is 0.200. The van der Waals surface area contributed by atoms with Crippen LogP contribution in [-0.2, 0) is 10.9 Å². The maximum Gasteiger partial charge on any atom is 0.434 e. The van der Waals surface area contributed by atoms with Gasteiger partial charge in [0.05, 0.1) is 12.8 Å². The molecule has 3 aromatic heterocycles. The number of ether oxygens (including phenoxy) is 1. The molecule has 0 fully saturated rings. The molecular formula is C15H11F3N4O3. The highest BCUT2D eigenvalue weighted by Gasteiger charge is 2.41. The van der Waals surface area contributed by atoms with E-state index >= 15 is 0 Å². The second kappa shape index (κ2) is 6.04. The van der Waals surface area contributed by atoms with Crippen LogP contribution in [0, 0.1) is 0 Å². The third kappa shape index (κ3) is 2.86. The topological polar surface area (TPSA) is 78.5 Å². The van der Waals surface area contributed by atoms with Crippen molar-refractivity contribution in [2.24, 2.45) is 0 Å². The lowest BCUT2D eigenvalue weighted by molar-refractivity contribution is -0.143. The number of pyridine rings is 1. The number of nitrogens with zero attached hydrogens (tertiary/aromatic N) is 4. The fourth-order valence-corrected chi connectivity index (χ4v) is 2.37. The minimum Gasteiger partial charge on any atom is -0.462 e. The van der Waals surface area contributed by atoms with E-state index in [1.165, 1.54) is 37.5 Å². The number of halogens is 3. The second-order valence-electron chi connectivity index (χ2n) is 4.91. The molecule has 0 aromatic carbocycles. The monoisotopic (exact) mass is 352 g/mol. The number of aromatic nitrogens is 4. The van der Waals surface area contributed by atoms with E-state index in [1.807, 2.05) is 0 Å². The van der Waals surface area contributed by atoms with Gasteiger partial charge in [-0.1, -0.05) is 0 Å². The van der Waals surface area contributed by atoms with E-state index in [-0.39, 0.29) is 17.9 Å². The Balaban J connectivity index is 2.31. The van der Waals surface area contributed by atoms with Crippen LogP contribution in [-0.4, -0.2) is 31.7 Å². The number of hydrogen-bond acceptors (Lipinski definition) is 5. The Hall–Kier alpha value is -3.17. The van der Waals surface area contributed by atoms with E-state index in [9.17, 15) is 22.8 Å². The number of rotatable bonds is 3. The predicted molar refractivity (Wildman–Crippen MR) is 79.5 cm³/mol. The Bertz CT molecular complexity index is 1010. The van der Waals surface area contributed by atoms with Crippen LogP contribution in [0.2, 0.25) is 0 Å². The summed E-state index contributed by atoms with van der Waals surface area (Å²) < 4.78 is 46.9. The molecule has 0 amide bonds. The van der Waals surface area contributed by atoms with Gasteiger partial charge in [0.1, 0.15) is 11.3 Å². The van der Waals surface area contributed by atoms with Crippen LogP contribution < -0.4 is 5.56 Å². The molecule has 130 valence electrons. The standard InChI is InChI=1S/C15H11F3N4O3/c1-2-25-14(24)9-8-20-22(12(9)15(16,17)18)10-4-3-7-21-11(23)5-6-19-13(10)21/h3-8H,2H2,1H3. The number of hydrogen-bond donors (Lipinski definition) is 0. The van der Waals surface area contributed by atoms with Crippen molar-refractivity contribution < 1.29 is 22.7 Å². The normalized spacial score (nSPS) is 11.7. The van der Waals surface area contributed by atoms with Crippen molar-refractivity contribution >= 4 is 11.6 Å². The maximum atomic E-state index is 13.6. The van der Waals surface area contributed by atoms with Gasteiger partial charge in [0.25, 0.3) is 5.56 Å². The number of fused-ring (bicyclic) bond motifs is 1. The summed E-state index contributed by atoms with van der Waals surface area (Å²) in [5.41, 5.74) is -2.59. The molecule has 0 unspecified atom stereocenters. The van der Waals surface area contributed by atoms with Gasteiger partial charge in [-0.25, -0.2) is 14.5 Å². The van der Waals surface area contributed by atoms with E-state index in [2.05, 4.69) is 14.8 Å². The van der Waals surface area contributed by atoms with Gasteiger partial charge in [-0.15, -0.1) is 0 Å². The summed E-state index contributed by atoms with van der Waals surface area (Å²) >= 11 is 0. The maximum absolute atomic E-state index is 13.6. The Kier molecular flexibility index (Phi) is 4.03. The van der Waals surface area contributed by atoms with E-state index < -0.39 is 29.0 Å². The fourth-order valence-electron chi connectivity index (χ4n) is 2.37. The summed E-state index contributed by atoms with van der Waals surface area (Å²) in [4.78, 5) is 27.6. The summed E-state index contributed by atoms with van der Waals surface area (Å²) in [7, 11) is 0. The van der Waals surface area contributed by atoms with Crippen molar-refractivity contribution in [1.82, 2.24) is 19.2 Å². The highest BCUT2D eigenvalue weighted by atomic mass is 19.4. The molecule has 3 heterocycles. The largest absolute Gasteiger partial charge is 0.462 e. The molecule has 0 atom stereocenters. The van der Waals surface area contributed by atoms with E-state index in [0.717, 1.165) is 10.6 Å². The molecule has 0 bridgehead atoms. The Morgan fingerprint density at radius 3 is 2.76 bits per heavy atom. The van der Waals surface area contributed by atoms with Gasteiger partial charge in [0.15, 0.2) is 11.3 Å². The third-order valence-corrected chi connectivity index (χ3v) is 3.36. The highest BCUT2D eigenvalue weighted by molar-refractivity contribution is 5.91. The van der Waals surface area contributed by atoms with Crippen LogP contribution in [0.15, 0.2) is 41.6 Å². The first kappa shape index (κ1) is 16.7. The minimum atomic E-state index is -4.87. The van der Waals surface area contributed by atoms with Crippen LogP contribution in [0.25, 0.3) is 11.3 Å². The van der Waals surface area contributed by atoms with Crippen molar-refractivity contribution in [2.75, 3.05) is 6.61 Å². The number of carbonyl (C=O) groups excluding carboxylic acids is 1. The first-order valence-corrected chi connectivity index (χ1v) is 7.13. The first-order valence-electron chi connectivity index (χ1n) is 7.13. The molecule has 0 radical (unpaired) electrons. The first-order chi connectivity index (χ1) is 11.8. The lowest BCUT2D eigenvalue weighted by Gasteiger charge is -2.13. The molecule has 0 aliphatic rings. The summed E-state index contributed by atoms with van der Waals surface area (Å²) in [6.45, 7) is 1.41. The molecule has 10 heteroatoms. The molecule has 3 rings (SSSR count). The molecule has 25 heavy (non-hydrogen) atoms. The smallest absolute Gasteiger partial charge is 0.434 e. The van der Waals surface area contributed by atoms with Crippen LogP contribution in [0.4, 0.5) is 13.2 Å². The van der Waals surface area contributed by atoms with Gasteiger partial charge < -0.3 is 4.74 Å². The van der Waals surface area contributed by atoms with Gasteiger partial charge in [-0.3, -0.25) is 9.20 Å². The van der Waals surface area contributed by atoms with Crippen LogP contribution in [0.5, 0.6) is 0 Å². The molecule has 0 saturated heterocycles. The lowest BCUT2D eigenvalue weighted by Crippen LogP contribution is -2.20. The second-order valence-corrected chi connectivity index (χ2v) is 4.91. The minimum absolute atomic E-state index is 0.0287. The third-order valence-electron chi connectivity index (χ3n) is 3.36. The highest BCUT2D eigenvalue weighted by Crippen LogP contribution is 2.34. The van der Waals surface area contributed by atoms with Crippen LogP contribution >= 0.6 is 0 Å². The average Bonchev–Trinajstić information content (AvgIpc) is 3.00. The molecule has 0 spiro atoms. The molecule has 7 nitrogen and oxygen atoms in total. The zero-order valence-corrected chi connectivity index (χ0v) is 12.8. The molecule has 0 aliphatic carbocycles. The summed E-state index contributed by atoms with van der Waals surface area (Å²) in [5.74, 6) is -1.13. The number of carbonyl (C=O) groups is 1. The number of esters is 1. The van der Waals surface area contributed by atoms with Crippen LogP contribution in [0.3, 0.4) is 0 Å². The van der Waals surface area contributed by atoms with Gasteiger partial charge in [-0.2, -0.15) is 18.3 Å². The molecule has 0 aliphatic heterocycles. The van der Waals surface area contributed by atoms with Crippen molar-refractivity contribution in [1.29, 1.82) is 0 Å². The zero-order chi connectivity index (χ0) is 18.2. The predicted octanol–water partition coefficient (Wildman–Crippen LogP) is 2.08. The van der Waals surface area contributed by atoms with Crippen molar-refractivity contribution in [3.8, 4) is 5.69 Å². The van der Waals surface area contributed by atoms with E-state index in [1.54, 1.807) is 0 Å². The summed E-state index contributed by atoms with van der Waals surface area (Å²) in [6, 6.07) is 3.88. The zero-order valence-electron chi connectivity index (χ0n) is 12.8. The van der Waals surface area contributed by atoms with Gasteiger partial charge in [0.2, 0.25) is 0 Å². The SMILES string of the molecule is CCOC(=O)c1cnn(-c2cccn3c(=O)ccnc23)c1C(F)(F)F. The average molecular weight is 352 g/mol. The van der Waals surface area contributed by atoms with E-state index in [0.29, 0.717) is 4.68 Å². The van der Waals surface area contributed by atoms with Crippen LogP contribution in [0.1, 0.15) is 23.0 Å². The lowest BCUT2D eigenvalue weighted by atomic mass is 10.2. The quantitative estimate of drug-likeness (QED) is 0.675. The van der Waals surface area contributed by atoms with Gasteiger partial charge in [0, 0.05) is 18.5 Å². The Labute approximate surface area is 138 Å². The Morgan fingerprint density at radius 2 is 2.08 bits per heavy atom. The van der Waals surface area contributed by atoms with E-state index in [4.69, 9.17) is 0 Å². The Morgan fingerprint density at radius 1 is 1.32 bits per heavy atom. The van der Waals surface area contributed by atoms with Gasteiger partial charge in [-0.05, 0) is 19.1 Å².